The second kappa shape index (κ2) is 14.1. The topological polar surface area (TPSA) is 83.9 Å². The molecule has 3 atom stereocenters. The van der Waals surface area contributed by atoms with Crippen molar-refractivity contribution >= 4 is 23.3 Å². The average Bonchev–Trinajstić information content (AvgIpc) is 3.32. The molecule has 0 bridgehead atoms. The van der Waals surface area contributed by atoms with Gasteiger partial charge in [-0.05, 0) is 143 Å². The number of carboxylic acids is 1. The van der Waals surface area contributed by atoms with E-state index in [2.05, 4.69) is 61.3 Å². The molecule has 3 aromatic rings. The van der Waals surface area contributed by atoms with Crippen molar-refractivity contribution in [2.75, 3.05) is 39.2 Å². The van der Waals surface area contributed by atoms with E-state index in [4.69, 9.17) is 21.1 Å². The first-order chi connectivity index (χ1) is 22.6. The second-order valence-corrected chi connectivity index (χ2v) is 15.1. The summed E-state index contributed by atoms with van der Waals surface area (Å²) < 4.78 is 12.8. The van der Waals surface area contributed by atoms with E-state index in [1.54, 1.807) is 0 Å². The lowest BCUT2D eigenvalue weighted by molar-refractivity contribution is -0.144. The van der Waals surface area contributed by atoms with Gasteiger partial charge in [-0.1, -0.05) is 37.6 Å². The largest absolute Gasteiger partial charge is 0.493 e. The molecule has 0 aliphatic heterocycles. The molecule has 0 amide bonds. The number of carbonyl (C=O) groups is 1. The number of ether oxygens (including phenoxy) is 2. The van der Waals surface area contributed by atoms with Gasteiger partial charge in [0, 0.05) is 34.7 Å². The van der Waals surface area contributed by atoms with Gasteiger partial charge in [0.2, 0.25) is 0 Å². The van der Waals surface area contributed by atoms with E-state index in [0.717, 1.165) is 55.8 Å². The van der Waals surface area contributed by atoms with E-state index < -0.39 is 11.5 Å². The highest BCUT2D eigenvalue weighted by molar-refractivity contribution is 6.30. The van der Waals surface area contributed by atoms with Crippen LogP contribution in [-0.2, 0) is 23.1 Å². The number of hydrogen-bond donors (Lipinski definition) is 2. The van der Waals surface area contributed by atoms with Crippen LogP contribution in [0.3, 0.4) is 0 Å². The Morgan fingerprint density at radius 2 is 1.94 bits per heavy atom. The van der Waals surface area contributed by atoms with Crippen LogP contribution in [0.5, 0.6) is 11.5 Å². The van der Waals surface area contributed by atoms with Gasteiger partial charge in [0.05, 0.1) is 6.61 Å². The van der Waals surface area contributed by atoms with Gasteiger partial charge in [0.25, 0.3) is 0 Å². The van der Waals surface area contributed by atoms with Crippen molar-refractivity contribution in [3.05, 3.63) is 82.1 Å². The van der Waals surface area contributed by atoms with Gasteiger partial charge < -0.3 is 24.8 Å². The van der Waals surface area contributed by atoms with E-state index in [0.29, 0.717) is 48.8 Å². The molecule has 1 aromatic heterocycles. The molecule has 1 saturated carbocycles. The molecular formula is C39H50ClN3O4. The van der Waals surface area contributed by atoms with Gasteiger partial charge in [0.15, 0.2) is 0 Å². The minimum Gasteiger partial charge on any atom is -0.493 e. The summed E-state index contributed by atoms with van der Waals surface area (Å²) in [7, 11) is 4.10. The van der Waals surface area contributed by atoms with Crippen LogP contribution in [0, 0.1) is 11.8 Å². The summed E-state index contributed by atoms with van der Waals surface area (Å²) in [6, 6.07) is 16.0. The predicted molar refractivity (Wildman–Crippen MR) is 188 cm³/mol. The molecule has 1 fully saturated rings. The zero-order valence-corrected chi connectivity index (χ0v) is 29.1. The van der Waals surface area contributed by atoms with Crippen molar-refractivity contribution in [1.82, 2.24) is 9.88 Å². The van der Waals surface area contributed by atoms with E-state index >= 15 is 0 Å². The first-order valence-electron chi connectivity index (χ1n) is 17.4. The molecule has 252 valence electrons. The summed E-state index contributed by atoms with van der Waals surface area (Å²) in [4.78, 5) is 19.7. The number of halogens is 1. The van der Waals surface area contributed by atoms with E-state index in [-0.39, 0.29) is 5.41 Å². The van der Waals surface area contributed by atoms with Gasteiger partial charge in [-0.2, -0.15) is 0 Å². The summed E-state index contributed by atoms with van der Waals surface area (Å²) >= 11 is 6.27. The Morgan fingerprint density at radius 3 is 2.68 bits per heavy atom. The lowest BCUT2D eigenvalue weighted by Gasteiger charge is -2.47. The first kappa shape index (κ1) is 33.6. The number of hydrogen-bond acceptors (Lipinski definition) is 6. The molecule has 1 unspecified atom stereocenters. The fraction of sp³-hybridized carbons (Fsp3) is 0.538. The number of anilines is 1. The van der Waals surface area contributed by atoms with Gasteiger partial charge >= 0.3 is 5.97 Å². The fourth-order valence-corrected chi connectivity index (χ4v) is 8.70. The van der Waals surface area contributed by atoms with Crippen LogP contribution in [0.15, 0.2) is 54.7 Å². The molecule has 0 radical (unpaired) electrons. The van der Waals surface area contributed by atoms with E-state index in [9.17, 15) is 9.90 Å². The van der Waals surface area contributed by atoms with E-state index in [1.807, 2.05) is 36.5 Å². The lowest BCUT2D eigenvalue weighted by atomic mass is 9.59. The summed E-state index contributed by atoms with van der Waals surface area (Å²) in [5.74, 6) is 2.27. The summed E-state index contributed by atoms with van der Waals surface area (Å²) in [5, 5.41) is 14.6. The Hall–Kier alpha value is -3.29. The first-order valence-corrected chi connectivity index (χ1v) is 17.7. The SMILES string of the molecule is C[C@@H](COc1ccnc2c1[C@@H](C)CCC2)CC1Cc2ccc(OCCN(C)C)cc2C12CCC(Nc1cccc(Cl)c1)(C(=O)O)CC2. The maximum absolute atomic E-state index is 12.9. The molecule has 2 aromatic carbocycles. The summed E-state index contributed by atoms with van der Waals surface area (Å²) in [6.45, 7) is 6.71. The van der Waals surface area contributed by atoms with Crippen LogP contribution in [0.4, 0.5) is 5.69 Å². The number of rotatable bonds is 12. The highest BCUT2D eigenvalue weighted by Gasteiger charge is 2.54. The van der Waals surface area contributed by atoms with Gasteiger partial charge in [-0.3, -0.25) is 4.98 Å². The zero-order valence-electron chi connectivity index (χ0n) is 28.4. The van der Waals surface area contributed by atoms with Crippen molar-refractivity contribution in [2.24, 2.45) is 11.8 Å². The molecular weight excluding hydrogens is 610 g/mol. The molecule has 7 nitrogen and oxygen atoms in total. The van der Waals surface area contributed by atoms with Crippen molar-refractivity contribution in [3.63, 3.8) is 0 Å². The number of likely N-dealkylation sites (N-methyl/N-ethyl adjacent to an activating group) is 1. The van der Waals surface area contributed by atoms with Crippen molar-refractivity contribution in [2.45, 2.75) is 88.5 Å². The monoisotopic (exact) mass is 659 g/mol. The number of fused-ring (bicyclic) bond motifs is 3. The number of carboxylic acid groups (broad SMARTS) is 1. The number of aromatic nitrogens is 1. The normalized spacial score (nSPS) is 25.7. The van der Waals surface area contributed by atoms with Crippen LogP contribution in [0.1, 0.15) is 87.1 Å². The Balaban J connectivity index is 1.23. The van der Waals surface area contributed by atoms with Crippen LogP contribution in [0.2, 0.25) is 5.02 Å². The lowest BCUT2D eigenvalue weighted by Crippen LogP contribution is -2.53. The Bertz CT molecular complexity index is 1570. The Labute approximate surface area is 285 Å². The fourth-order valence-electron chi connectivity index (χ4n) is 8.51. The molecule has 0 saturated heterocycles. The number of aryl methyl sites for hydroxylation is 1. The third-order valence-corrected chi connectivity index (χ3v) is 11.3. The minimum atomic E-state index is -1.05. The highest BCUT2D eigenvalue weighted by atomic mass is 35.5. The number of aliphatic carboxylic acids is 1. The van der Waals surface area contributed by atoms with Crippen LogP contribution in [0.25, 0.3) is 0 Å². The third kappa shape index (κ3) is 7.12. The standard InChI is InChI=1S/C39H50ClN3O4/c1-26(25-47-35-13-18-41-34-10-5-7-27(2)36(34)35)21-29-22-28-11-12-32(46-20-19-43(3)4)24-33(28)38(29)14-16-39(17-15-38,37(44)45)42-31-9-6-8-30(40)23-31/h6,8-9,11-13,18,23-24,26-27,29,42H,5,7,10,14-17,19-22,25H2,1-4H3,(H,44,45)/t26-,27+,29?,38?,39?/m1/s1. The van der Waals surface area contributed by atoms with Crippen molar-refractivity contribution < 1.29 is 19.4 Å². The van der Waals surface area contributed by atoms with Crippen molar-refractivity contribution in [1.29, 1.82) is 0 Å². The molecule has 2 N–H and O–H groups in total. The quantitative estimate of drug-likeness (QED) is 0.203. The maximum atomic E-state index is 12.9. The Kier molecular flexibility index (Phi) is 10.0. The Morgan fingerprint density at radius 1 is 1.13 bits per heavy atom. The molecule has 8 heteroatoms. The van der Waals surface area contributed by atoms with Gasteiger partial charge in [-0.25, -0.2) is 4.79 Å². The number of benzene rings is 2. The third-order valence-electron chi connectivity index (χ3n) is 11.1. The van der Waals surface area contributed by atoms with Gasteiger partial charge in [0.1, 0.15) is 23.6 Å². The minimum absolute atomic E-state index is 0.121. The van der Waals surface area contributed by atoms with Gasteiger partial charge in [-0.15, -0.1) is 0 Å². The number of nitrogens with one attached hydrogen (secondary N) is 1. The molecule has 1 heterocycles. The second-order valence-electron chi connectivity index (χ2n) is 14.7. The van der Waals surface area contributed by atoms with Crippen LogP contribution < -0.4 is 14.8 Å². The zero-order chi connectivity index (χ0) is 33.2. The molecule has 6 rings (SSSR count). The van der Waals surface area contributed by atoms with Crippen LogP contribution in [-0.4, -0.2) is 60.4 Å². The molecule has 1 spiro atoms. The molecule has 3 aliphatic carbocycles. The number of nitrogens with zero attached hydrogens (tertiary/aromatic N) is 2. The van der Waals surface area contributed by atoms with E-state index in [1.165, 1.54) is 35.2 Å². The maximum Gasteiger partial charge on any atom is 0.329 e. The summed E-state index contributed by atoms with van der Waals surface area (Å²) in [6.07, 6.45) is 9.92. The molecule has 3 aliphatic rings. The smallest absolute Gasteiger partial charge is 0.329 e. The number of pyridine rings is 1. The summed E-state index contributed by atoms with van der Waals surface area (Å²) in [5.41, 5.74) is 4.77. The van der Waals surface area contributed by atoms with Crippen LogP contribution >= 0.6 is 11.6 Å². The molecule has 47 heavy (non-hydrogen) atoms. The average molecular weight is 660 g/mol. The predicted octanol–water partition coefficient (Wildman–Crippen LogP) is 8.14. The van der Waals surface area contributed by atoms with Crippen molar-refractivity contribution in [3.8, 4) is 11.5 Å². The highest BCUT2D eigenvalue weighted by Crippen LogP contribution is 2.56.